The van der Waals surface area contributed by atoms with E-state index < -0.39 is 5.97 Å². The Balaban J connectivity index is 2.08. The van der Waals surface area contributed by atoms with E-state index in [0.717, 1.165) is 19.3 Å². The normalized spacial score (nSPS) is 21.6. The molecular formula is C15H15NO3. The van der Waals surface area contributed by atoms with Crippen molar-refractivity contribution >= 4 is 5.97 Å². The Morgan fingerprint density at radius 2 is 2.26 bits per heavy atom. The lowest BCUT2D eigenvalue weighted by Crippen LogP contribution is -2.13. The SMILES string of the molecule is Cc1onc(C2CC=CC3=C2C=CCC3)c1C(=O)O. The highest BCUT2D eigenvalue weighted by Crippen LogP contribution is 2.39. The van der Waals surface area contributed by atoms with E-state index in [9.17, 15) is 9.90 Å². The smallest absolute Gasteiger partial charge is 0.341 e. The summed E-state index contributed by atoms with van der Waals surface area (Å²) in [5.74, 6) is -0.593. The summed E-state index contributed by atoms with van der Waals surface area (Å²) in [6.07, 6.45) is 11.3. The zero-order valence-electron chi connectivity index (χ0n) is 10.7. The molecule has 0 bridgehead atoms. The van der Waals surface area contributed by atoms with Crippen molar-refractivity contribution in [3.63, 3.8) is 0 Å². The molecule has 3 rings (SSSR count). The second-order valence-electron chi connectivity index (χ2n) is 4.92. The summed E-state index contributed by atoms with van der Waals surface area (Å²) in [5.41, 5.74) is 3.24. The topological polar surface area (TPSA) is 63.3 Å². The van der Waals surface area contributed by atoms with Crippen molar-refractivity contribution in [3.8, 4) is 0 Å². The quantitative estimate of drug-likeness (QED) is 0.882. The molecule has 0 amide bonds. The molecule has 1 heterocycles. The van der Waals surface area contributed by atoms with Crippen LogP contribution in [0.1, 0.15) is 47.0 Å². The van der Waals surface area contributed by atoms with Gasteiger partial charge in [-0.2, -0.15) is 0 Å². The van der Waals surface area contributed by atoms with Gasteiger partial charge in [-0.3, -0.25) is 0 Å². The minimum atomic E-state index is -0.967. The van der Waals surface area contributed by atoms with E-state index >= 15 is 0 Å². The van der Waals surface area contributed by atoms with Crippen LogP contribution in [0.2, 0.25) is 0 Å². The third-order valence-electron chi connectivity index (χ3n) is 3.75. The molecule has 0 spiro atoms. The molecule has 1 aromatic rings. The van der Waals surface area contributed by atoms with Crippen molar-refractivity contribution in [2.45, 2.75) is 32.1 Å². The van der Waals surface area contributed by atoms with Crippen LogP contribution < -0.4 is 0 Å². The summed E-state index contributed by atoms with van der Waals surface area (Å²) in [5, 5.41) is 13.3. The lowest BCUT2D eigenvalue weighted by molar-refractivity contribution is 0.0693. The molecule has 2 aliphatic carbocycles. The largest absolute Gasteiger partial charge is 0.477 e. The fourth-order valence-corrected chi connectivity index (χ4v) is 2.84. The van der Waals surface area contributed by atoms with Gasteiger partial charge in [-0.15, -0.1) is 0 Å². The van der Waals surface area contributed by atoms with Gasteiger partial charge in [-0.25, -0.2) is 4.79 Å². The predicted molar refractivity (Wildman–Crippen MR) is 70.1 cm³/mol. The van der Waals surface area contributed by atoms with Crippen molar-refractivity contribution in [1.29, 1.82) is 0 Å². The standard InChI is InChI=1S/C15H15NO3/c1-9-13(15(17)18)14(16-19-9)12-8-4-6-10-5-2-3-7-11(10)12/h3-4,6-7,12H,2,5,8H2,1H3,(H,17,18). The fourth-order valence-electron chi connectivity index (χ4n) is 2.84. The van der Waals surface area contributed by atoms with Crippen LogP contribution in [0.15, 0.2) is 40.0 Å². The van der Waals surface area contributed by atoms with Crippen molar-refractivity contribution in [2.75, 3.05) is 0 Å². The molecule has 0 aromatic carbocycles. The highest BCUT2D eigenvalue weighted by atomic mass is 16.5. The maximum Gasteiger partial charge on any atom is 0.341 e. The summed E-state index contributed by atoms with van der Waals surface area (Å²) in [6, 6.07) is 0. The summed E-state index contributed by atoms with van der Waals surface area (Å²) in [4.78, 5) is 11.4. The molecule has 0 radical (unpaired) electrons. The van der Waals surface area contributed by atoms with Crippen LogP contribution in [0.25, 0.3) is 0 Å². The lowest BCUT2D eigenvalue weighted by atomic mass is 9.80. The number of allylic oxidation sites excluding steroid dienone is 6. The maximum absolute atomic E-state index is 11.4. The number of hydrogen-bond acceptors (Lipinski definition) is 3. The molecule has 1 atom stereocenters. The van der Waals surface area contributed by atoms with E-state index in [4.69, 9.17) is 4.52 Å². The zero-order chi connectivity index (χ0) is 13.4. The number of carboxylic acid groups (broad SMARTS) is 1. The molecule has 1 aromatic heterocycles. The van der Waals surface area contributed by atoms with Crippen LogP contribution in [0.5, 0.6) is 0 Å². The number of aromatic carboxylic acids is 1. The predicted octanol–water partition coefficient (Wildman–Crippen LogP) is 3.37. The van der Waals surface area contributed by atoms with Gasteiger partial charge < -0.3 is 9.63 Å². The van der Waals surface area contributed by atoms with Gasteiger partial charge in [0.15, 0.2) is 0 Å². The number of aryl methyl sites for hydroxylation is 1. The lowest BCUT2D eigenvalue weighted by Gasteiger charge is -2.24. The molecule has 0 fully saturated rings. The third kappa shape index (κ3) is 1.93. The van der Waals surface area contributed by atoms with Gasteiger partial charge in [0, 0.05) is 5.92 Å². The molecule has 19 heavy (non-hydrogen) atoms. The molecule has 4 heteroatoms. The molecule has 0 saturated carbocycles. The van der Waals surface area contributed by atoms with Gasteiger partial charge in [0.1, 0.15) is 17.0 Å². The molecule has 2 aliphatic rings. The van der Waals surface area contributed by atoms with E-state index in [1.165, 1.54) is 11.1 Å². The van der Waals surface area contributed by atoms with Crippen LogP contribution in [-0.4, -0.2) is 16.2 Å². The first-order valence-corrected chi connectivity index (χ1v) is 6.44. The van der Waals surface area contributed by atoms with Gasteiger partial charge in [-0.05, 0) is 37.3 Å². The number of hydrogen-bond donors (Lipinski definition) is 1. The Morgan fingerprint density at radius 1 is 1.42 bits per heavy atom. The van der Waals surface area contributed by atoms with E-state index in [2.05, 4.69) is 29.5 Å². The van der Waals surface area contributed by atoms with Crippen molar-refractivity contribution < 1.29 is 14.4 Å². The Labute approximate surface area is 111 Å². The van der Waals surface area contributed by atoms with Crippen LogP contribution >= 0.6 is 0 Å². The average Bonchev–Trinajstić information content (AvgIpc) is 2.80. The van der Waals surface area contributed by atoms with Gasteiger partial charge in [-0.1, -0.05) is 29.5 Å². The summed E-state index contributed by atoms with van der Waals surface area (Å²) in [7, 11) is 0. The zero-order valence-corrected chi connectivity index (χ0v) is 10.7. The molecule has 4 nitrogen and oxygen atoms in total. The van der Waals surface area contributed by atoms with E-state index in [1.807, 2.05) is 0 Å². The van der Waals surface area contributed by atoms with Crippen LogP contribution in [0.4, 0.5) is 0 Å². The Morgan fingerprint density at radius 3 is 3.05 bits per heavy atom. The molecule has 98 valence electrons. The number of aromatic nitrogens is 1. The van der Waals surface area contributed by atoms with Gasteiger partial charge in [0.25, 0.3) is 0 Å². The van der Waals surface area contributed by atoms with Crippen LogP contribution in [-0.2, 0) is 0 Å². The Hall–Kier alpha value is -2.10. The van der Waals surface area contributed by atoms with Gasteiger partial charge in [0.2, 0.25) is 0 Å². The highest BCUT2D eigenvalue weighted by molar-refractivity contribution is 5.90. The molecule has 0 aliphatic heterocycles. The highest BCUT2D eigenvalue weighted by Gasteiger charge is 2.30. The van der Waals surface area contributed by atoms with E-state index in [-0.39, 0.29) is 11.5 Å². The summed E-state index contributed by atoms with van der Waals surface area (Å²) < 4.78 is 5.09. The van der Waals surface area contributed by atoms with Gasteiger partial charge >= 0.3 is 5.97 Å². The van der Waals surface area contributed by atoms with Crippen LogP contribution in [0, 0.1) is 6.92 Å². The monoisotopic (exact) mass is 257 g/mol. The first-order chi connectivity index (χ1) is 9.18. The molecule has 0 saturated heterocycles. The first kappa shape index (κ1) is 12.0. The summed E-state index contributed by atoms with van der Waals surface area (Å²) in [6.45, 7) is 1.64. The van der Waals surface area contributed by atoms with Gasteiger partial charge in [0.05, 0.1) is 0 Å². The fraction of sp³-hybridized carbons (Fsp3) is 0.333. The molecule has 1 unspecified atom stereocenters. The van der Waals surface area contributed by atoms with Crippen molar-refractivity contribution in [2.24, 2.45) is 0 Å². The number of nitrogens with zero attached hydrogens (tertiary/aromatic N) is 1. The second kappa shape index (κ2) is 4.53. The minimum Gasteiger partial charge on any atom is -0.477 e. The second-order valence-corrected chi connectivity index (χ2v) is 4.92. The van der Waals surface area contributed by atoms with Crippen LogP contribution in [0.3, 0.4) is 0 Å². The summed E-state index contributed by atoms with van der Waals surface area (Å²) >= 11 is 0. The minimum absolute atomic E-state index is 0.0000926. The third-order valence-corrected chi connectivity index (χ3v) is 3.75. The van der Waals surface area contributed by atoms with Crippen molar-refractivity contribution in [3.05, 3.63) is 52.5 Å². The Bertz CT molecular complexity index is 619. The molecule has 1 N–H and O–H groups in total. The first-order valence-electron chi connectivity index (χ1n) is 6.44. The number of carboxylic acids is 1. The van der Waals surface area contributed by atoms with E-state index in [1.54, 1.807) is 6.92 Å². The van der Waals surface area contributed by atoms with Crippen molar-refractivity contribution in [1.82, 2.24) is 5.16 Å². The maximum atomic E-state index is 11.4. The van der Waals surface area contributed by atoms with E-state index in [0.29, 0.717) is 11.5 Å². The average molecular weight is 257 g/mol. The number of carbonyl (C=O) groups is 1. The number of rotatable bonds is 2. The Kier molecular flexibility index (Phi) is 2.85. The molecular weight excluding hydrogens is 242 g/mol.